The lowest BCUT2D eigenvalue weighted by molar-refractivity contribution is 1.41. The Morgan fingerprint density at radius 3 is 2.29 bits per heavy atom. The molecule has 0 amide bonds. The molecule has 0 aliphatic heterocycles. The summed E-state index contributed by atoms with van der Waals surface area (Å²) in [5.74, 6) is 0. The monoisotopic (exact) mass is 260 g/mol. The highest BCUT2D eigenvalue weighted by Crippen LogP contribution is 2.03. The van der Waals surface area contributed by atoms with E-state index >= 15 is 0 Å². The average Bonchev–Trinajstić information content (AvgIpc) is 2.34. The predicted octanol–water partition coefficient (Wildman–Crippen LogP) is 2.42. The van der Waals surface area contributed by atoms with Crippen molar-refractivity contribution in [2.24, 2.45) is 0 Å². The van der Waals surface area contributed by atoms with Crippen molar-refractivity contribution in [2.75, 3.05) is 5.50 Å². The Hall–Kier alpha value is -1.05. The van der Waals surface area contributed by atoms with Crippen LogP contribution in [0.15, 0.2) is 48.5 Å². The van der Waals surface area contributed by atoms with Crippen LogP contribution in [-0.4, -0.2) is 14.3 Å². The molecule has 0 radical (unpaired) electrons. The molecule has 0 aromatic heterocycles. The molecule has 0 aliphatic rings. The summed E-state index contributed by atoms with van der Waals surface area (Å²) in [5.41, 5.74) is 3.46. The molecule has 2 rings (SSSR count). The maximum atomic E-state index is 6.21. The van der Waals surface area contributed by atoms with E-state index in [2.05, 4.69) is 62.4 Å². The lowest BCUT2D eigenvalue weighted by atomic mass is 10.2. The van der Waals surface area contributed by atoms with E-state index in [-0.39, 0.29) is 0 Å². The van der Waals surface area contributed by atoms with Crippen molar-refractivity contribution in [2.45, 2.75) is 13.8 Å². The number of hydrogen-bond donors (Lipinski definition) is 0. The van der Waals surface area contributed by atoms with Gasteiger partial charge >= 0.3 is 0 Å². The molecular weight excluding hydrogens is 244 g/mol. The van der Waals surface area contributed by atoms with Gasteiger partial charge in [-0.05, 0) is 13.8 Å². The van der Waals surface area contributed by atoms with Crippen molar-refractivity contribution in [3.05, 3.63) is 59.7 Å². The normalized spacial score (nSPS) is 12.4. The first kappa shape index (κ1) is 12.4. The third-order valence-electron chi connectivity index (χ3n) is 3.16. The minimum absolute atomic E-state index is 0.758. The summed E-state index contributed by atoms with van der Waals surface area (Å²) < 4.78 is 0. The molecule has 2 aromatic rings. The largest absolute Gasteiger partial charge is 0.130 e. The van der Waals surface area contributed by atoms with Crippen LogP contribution in [0, 0.1) is 13.8 Å². The topological polar surface area (TPSA) is 0 Å². The molecule has 2 aromatic carbocycles. The van der Waals surface area contributed by atoms with Gasteiger partial charge in [-0.15, -0.1) is 11.6 Å². The highest BCUT2D eigenvalue weighted by atomic mass is 35.5. The molecule has 0 saturated heterocycles. The van der Waals surface area contributed by atoms with Crippen molar-refractivity contribution in [1.29, 1.82) is 0 Å². The maximum absolute atomic E-state index is 6.21. The van der Waals surface area contributed by atoms with E-state index in [1.54, 1.807) is 0 Å². The molecule has 17 heavy (non-hydrogen) atoms. The Morgan fingerprint density at radius 2 is 1.71 bits per heavy atom. The Morgan fingerprint density at radius 1 is 1.00 bits per heavy atom. The Balaban J connectivity index is 2.42. The second kappa shape index (κ2) is 5.52. The summed E-state index contributed by atoms with van der Waals surface area (Å²) in [7, 11) is -1.22. The van der Waals surface area contributed by atoms with Crippen molar-refractivity contribution >= 4 is 30.8 Å². The highest BCUT2D eigenvalue weighted by molar-refractivity contribution is 6.89. The predicted molar refractivity (Wildman–Crippen MR) is 79.5 cm³/mol. The summed E-state index contributed by atoms with van der Waals surface area (Å²) in [5, 5.41) is 2.89. The first-order valence-corrected chi connectivity index (χ1v) is 8.41. The van der Waals surface area contributed by atoms with Crippen LogP contribution in [0.1, 0.15) is 11.1 Å². The van der Waals surface area contributed by atoms with E-state index < -0.39 is 8.80 Å². The summed E-state index contributed by atoms with van der Waals surface area (Å²) in [6.07, 6.45) is 0. The van der Waals surface area contributed by atoms with Crippen LogP contribution in [-0.2, 0) is 0 Å². The maximum Gasteiger partial charge on any atom is 0.118 e. The first-order chi connectivity index (χ1) is 8.22. The Kier molecular flexibility index (Phi) is 4.03. The van der Waals surface area contributed by atoms with E-state index in [4.69, 9.17) is 11.6 Å². The van der Waals surface area contributed by atoms with E-state index in [1.807, 2.05) is 0 Å². The Labute approximate surface area is 110 Å². The third-order valence-corrected chi connectivity index (χ3v) is 6.98. The van der Waals surface area contributed by atoms with E-state index in [1.165, 1.54) is 21.5 Å². The quantitative estimate of drug-likeness (QED) is 0.587. The number of alkyl halides is 1. The van der Waals surface area contributed by atoms with Gasteiger partial charge in [0.2, 0.25) is 0 Å². The van der Waals surface area contributed by atoms with Crippen LogP contribution in [0.3, 0.4) is 0 Å². The van der Waals surface area contributed by atoms with Crippen molar-refractivity contribution in [3.8, 4) is 0 Å². The summed E-state index contributed by atoms with van der Waals surface area (Å²) in [6.45, 7) is 4.33. The number of benzene rings is 2. The fraction of sp³-hybridized carbons (Fsp3) is 0.200. The number of aryl methyl sites for hydroxylation is 2. The van der Waals surface area contributed by atoms with Gasteiger partial charge in [-0.3, -0.25) is 0 Å². The van der Waals surface area contributed by atoms with Crippen LogP contribution in [0.5, 0.6) is 0 Å². The summed E-state index contributed by atoms with van der Waals surface area (Å²) in [6, 6.07) is 17.4. The molecule has 0 bridgehead atoms. The van der Waals surface area contributed by atoms with Crippen LogP contribution in [0.2, 0.25) is 0 Å². The van der Waals surface area contributed by atoms with Gasteiger partial charge in [0.1, 0.15) is 8.80 Å². The van der Waals surface area contributed by atoms with Gasteiger partial charge in [-0.2, -0.15) is 0 Å². The molecule has 0 spiro atoms. The smallest absolute Gasteiger partial charge is 0.118 e. The molecule has 0 saturated carbocycles. The highest BCUT2D eigenvalue weighted by Gasteiger charge is 2.16. The molecule has 2 heteroatoms. The second-order valence-corrected chi connectivity index (χ2v) is 8.11. The average molecular weight is 261 g/mol. The zero-order chi connectivity index (χ0) is 12.3. The summed E-state index contributed by atoms with van der Waals surface area (Å²) in [4.78, 5) is 0. The fourth-order valence-corrected chi connectivity index (χ4v) is 5.64. The van der Waals surface area contributed by atoms with Gasteiger partial charge in [0.25, 0.3) is 0 Å². The van der Waals surface area contributed by atoms with Crippen molar-refractivity contribution in [1.82, 2.24) is 0 Å². The van der Waals surface area contributed by atoms with Gasteiger partial charge in [0.15, 0.2) is 0 Å². The SMILES string of the molecule is Cc1ccc([SiH](CCl)c2ccccc2)c(C)c1. The molecule has 0 fully saturated rings. The van der Waals surface area contributed by atoms with Crippen molar-refractivity contribution < 1.29 is 0 Å². The number of halogens is 1. The van der Waals surface area contributed by atoms with E-state index in [9.17, 15) is 0 Å². The van der Waals surface area contributed by atoms with Gasteiger partial charge in [-0.25, -0.2) is 0 Å². The number of hydrogen-bond acceptors (Lipinski definition) is 0. The standard InChI is InChI=1S/C15H17ClSi/c1-12-8-9-15(13(2)10-12)17(11-16)14-6-4-3-5-7-14/h3-10,17H,11H2,1-2H3. The third kappa shape index (κ3) is 2.79. The summed E-state index contributed by atoms with van der Waals surface area (Å²) >= 11 is 6.21. The van der Waals surface area contributed by atoms with E-state index in [0.717, 1.165) is 5.50 Å². The van der Waals surface area contributed by atoms with E-state index in [0.29, 0.717) is 0 Å². The van der Waals surface area contributed by atoms with Gasteiger partial charge in [0.05, 0.1) is 0 Å². The molecule has 1 unspecified atom stereocenters. The van der Waals surface area contributed by atoms with Crippen LogP contribution < -0.4 is 10.4 Å². The molecular formula is C15H17ClSi. The molecule has 0 N–H and O–H groups in total. The van der Waals surface area contributed by atoms with Gasteiger partial charge < -0.3 is 0 Å². The van der Waals surface area contributed by atoms with Gasteiger partial charge in [-0.1, -0.05) is 70.0 Å². The second-order valence-electron chi connectivity index (χ2n) is 4.48. The molecule has 1 atom stereocenters. The molecule has 0 heterocycles. The van der Waals surface area contributed by atoms with Crippen molar-refractivity contribution in [3.63, 3.8) is 0 Å². The number of rotatable bonds is 3. The van der Waals surface area contributed by atoms with Crippen LogP contribution >= 0.6 is 11.6 Å². The lowest BCUT2D eigenvalue weighted by Gasteiger charge is -2.16. The molecule has 88 valence electrons. The zero-order valence-electron chi connectivity index (χ0n) is 10.3. The molecule has 0 nitrogen and oxygen atoms in total. The zero-order valence-corrected chi connectivity index (χ0v) is 12.2. The fourth-order valence-electron chi connectivity index (χ4n) is 2.25. The minimum Gasteiger partial charge on any atom is -0.130 e. The minimum atomic E-state index is -1.22. The Bertz CT molecular complexity index is 494. The van der Waals surface area contributed by atoms with Gasteiger partial charge in [0, 0.05) is 5.50 Å². The van der Waals surface area contributed by atoms with Crippen LogP contribution in [0.25, 0.3) is 0 Å². The van der Waals surface area contributed by atoms with Crippen LogP contribution in [0.4, 0.5) is 0 Å². The lowest BCUT2D eigenvalue weighted by Crippen LogP contribution is -2.45. The molecule has 0 aliphatic carbocycles. The first-order valence-electron chi connectivity index (χ1n) is 5.90.